The van der Waals surface area contributed by atoms with Crippen LogP contribution in [0.5, 0.6) is 0 Å². The second kappa shape index (κ2) is 15.2. The van der Waals surface area contributed by atoms with Crippen molar-refractivity contribution in [1.29, 1.82) is 0 Å². The number of carbonyl (C=O) groups is 1. The number of epoxide rings is 1. The summed E-state index contributed by atoms with van der Waals surface area (Å²) in [5.74, 6) is 0.0668. The molecule has 5 atom stereocenters. The molecular weight excluding hydrogens is 640 g/mol. The smallest absolute Gasteiger partial charge is 0.393 e. The Morgan fingerprint density at radius 3 is 1.94 bits per heavy atom. The van der Waals surface area contributed by atoms with E-state index in [4.69, 9.17) is 13.5 Å². The number of ketones is 1. The summed E-state index contributed by atoms with van der Waals surface area (Å²) in [6.45, 7) is 19.3. The molecule has 0 radical (unpaired) electrons. The van der Waals surface area contributed by atoms with Crippen molar-refractivity contribution >= 4 is 16.2 Å². The van der Waals surface area contributed by atoms with Crippen molar-refractivity contribution in [3.05, 3.63) is 100 Å². The molecule has 1 unspecified atom stereocenters. The first-order valence-corrected chi connectivity index (χ1v) is 18.3. The van der Waals surface area contributed by atoms with Crippen molar-refractivity contribution in [2.75, 3.05) is 0 Å². The fourth-order valence-electron chi connectivity index (χ4n) is 7.68. The van der Waals surface area contributed by atoms with Gasteiger partial charge in [-0.1, -0.05) is 99.6 Å². The number of aliphatic hydroxyl groups excluding tert-OH is 1. The van der Waals surface area contributed by atoms with Gasteiger partial charge in [0, 0.05) is 24.8 Å². The Morgan fingerprint density at radius 2 is 1.41 bits per heavy atom. The molecule has 0 bridgehead atoms. The second-order valence-corrected chi connectivity index (χ2v) is 16.8. The van der Waals surface area contributed by atoms with Crippen LogP contribution in [0.15, 0.2) is 100 Å². The predicted octanol–water partition coefficient (Wildman–Crippen LogP) is 7.95. The summed E-state index contributed by atoms with van der Waals surface area (Å²) in [6.07, 6.45) is 21.9. The highest BCUT2D eigenvalue weighted by Gasteiger charge is 2.76. The van der Waals surface area contributed by atoms with Crippen LogP contribution in [0.25, 0.3) is 0 Å². The van der Waals surface area contributed by atoms with Gasteiger partial charge in [0.1, 0.15) is 5.60 Å². The second-order valence-electron chi connectivity index (χ2n) is 15.8. The molecule has 2 aliphatic carbocycles. The Hall–Kier alpha value is -2.88. The first-order valence-electron chi connectivity index (χ1n) is 16.9. The van der Waals surface area contributed by atoms with Crippen LogP contribution in [0.2, 0.25) is 0 Å². The van der Waals surface area contributed by atoms with E-state index < -0.39 is 44.8 Å². The molecule has 3 N–H and O–H groups in total. The summed E-state index contributed by atoms with van der Waals surface area (Å²) in [6, 6.07) is 0. The van der Waals surface area contributed by atoms with Crippen LogP contribution in [0.1, 0.15) is 101 Å². The SMILES string of the molecule is C\C(C=C=C1C(C)(C)CC(OS(=O)(=O)O)C[C@@]1(C)O)=C/C=C/C(C)=C/C=C/C=C(C)/C=C/C=C(\C)C(=O)C[C@@]12O[C@]1(C)C[C@@H](O)CC2(C)C. The average Bonchev–Trinajstić information content (AvgIpc) is 3.53. The van der Waals surface area contributed by atoms with E-state index in [9.17, 15) is 23.4 Å². The quantitative estimate of drug-likeness (QED) is 0.0616. The van der Waals surface area contributed by atoms with E-state index in [0.29, 0.717) is 36.8 Å². The van der Waals surface area contributed by atoms with E-state index in [1.54, 1.807) is 13.0 Å². The molecule has 2 saturated carbocycles. The lowest BCUT2D eigenvalue weighted by Crippen LogP contribution is -2.48. The molecule has 0 amide bonds. The predicted molar refractivity (Wildman–Crippen MR) is 195 cm³/mol. The summed E-state index contributed by atoms with van der Waals surface area (Å²) >= 11 is 0. The Kier molecular flexibility index (Phi) is 12.5. The van der Waals surface area contributed by atoms with Crippen molar-refractivity contribution in [1.82, 2.24) is 0 Å². The topological polar surface area (TPSA) is 134 Å². The number of ether oxygens (including phenoxy) is 1. The largest absolute Gasteiger partial charge is 0.397 e. The van der Waals surface area contributed by atoms with E-state index in [-0.39, 0.29) is 17.6 Å². The maximum Gasteiger partial charge on any atom is 0.397 e. The first kappa shape index (κ1) is 40.5. The van der Waals surface area contributed by atoms with Crippen LogP contribution >= 0.6 is 0 Å². The highest BCUT2D eigenvalue weighted by molar-refractivity contribution is 7.80. The van der Waals surface area contributed by atoms with Gasteiger partial charge in [-0.25, -0.2) is 4.18 Å². The zero-order chi connectivity index (χ0) is 37.1. The van der Waals surface area contributed by atoms with E-state index in [0.717, 1.165) is 16.7 Å². The number of Topliss-reactive ketones (excluding diaryl/α,β-unsaturated/α-hetero) is 1. The number of allylic oxidation sites excluding steroid dienone is 14. The van der Waals surface area contributed by atoms with Gasteiger partial charge in [-0.3, -0.25) is 9.35 Å². The lowest BCUT2D eigenvalue weighted by atomic mass is 9.61. The minimum Gasteiger partial charge on any atom is -0.393 e. The maximum atomic E-state index is 13.1. The van der Waals surface area contributed by atoms with Gasteiger partial charge < -0.3 is 14.9 Å². The van der Waals surface area contributed by atoms with Gasteiger partial charge in [0.2, 0.25) is 0 Å². The minimum atomic E-state index is -4.61. The van der Waals surface area contributed by atoms with Crippen LogP contribution in [0, 0.1) is 10.8 Å². The molecule has 0 aromatic heterocycles. The molecule has 3 rings (SSSR count). The molecule has 8 nitrogen and oxygen atoms in total. The first-order chi connectivity index (χ1) is 22.4. The molecule has 3 aliphatic rings. The average molecular weight is 697 g/mol. The Labute approximate surface area is 294 Å². The van der Waals surface area contributed by atoms with Crippen LogP contribution in [0.3, 0.4) is 0 Å². The standard InChI is InChI=1S/C40H56O8S/c1-28(17-13-18-30(3)21-22-35-36(5,6)25-33(26-38(35,9)43)47-49(44,45)46)15-11-12-16-29(2)19-14-20-31(4)34(42)27-40-37(7,8)23-32(41)24-39(40,10)48-40/h11-21,32-33,41,43H,23-27H2,1-10H3,(H,44,45,46)/b12-11+,17-13+,19-14+,28-15+,29-16+,30-18+,31-20+/t22?,32-,33?,38+,39+,40-/m0/s1. The molecule has 1 heterocycles. The fourth-order valence-corrected chi connectivity index (χ4v) is 8.16. The van der Waals surface area contributed by atoms with Gasteiger partial charge in [0.15, 0.2) is 5.78 Å². The summed E-state index contributed by atoms with van der Waals surface area (Å²) < 4.78 is 42.4. The number of rotatable bonds is 12. The molecule has 1 aliphatic heterocycles. The summed E-state index contributed by atoms with van der Waals surface area (Å²) in [7, 11) is -4.61. The van der Waals surface area contributed by atoms with Crippen LogP contribution < -0.4 is 0 Å². The third kappa shape index (κ3) is 10.6. The maximum absolute atomic E-state index is 13.1. The lowest BCUT2D eigenvalue weighted by molar-refractivity contribution is -0.118. The van der Waals surface area contributed by atoms with Gasteiger partial charge in [-0.05, 0) is 82.4 Å². The Balaban J connectivity index is 1.55. The van der Waals surface area contributed by atoms with Crippen molar-refractivity contribution < 1.29 is 36.9 Å². The molecular formula is C40H56O8S. The third-order valence-corrected chi connectivity index (χ3v) is 10.6. The number of carbonyl (C=O) groups excluding carboxylic acids is 1. The van der Waals surface area contributed by atoms with Gasteiger partial charge in [0.25, 0.3) is 0 Å². The van der Waals surface area contributed by atoms with E-state index in [1.165, 1.54) is 0 Å². The van der Waals surface area contributed by atoms with Crippen molar-refractivity contribution in [3.8, 4) is 0 Å². The summed E-state index contributed by atoms with van der Waals surface area (Å²) in [5, 5.41) is 21.3. The van der Waals surface area contributed by atoms with E-state index >= 15 is 0 Å². The van der Waals surface area contributed by atoms with Crippen LogP contribution in [-0.2, 0) is 24.1 Å². The number of hydrogen-bond acceptors (Lipinski definition) is 7. The van der Waals surface area contributed by atoms with Crippen molar-refractivity contribution in [3.63, 3.8) is 0 Å². The number of hydrogen-bond donors (Lipinski definition) is 3. The monoisotopic (exact) mass is 696 g/mol. The molecule has 0 spiro atoms. The van der Waals surface area contributed by atoms with Gasteiger partial charge in [-0.15, -0.1) is 5.73 Å². The molecule has 3 fully saturated rings. The zero-order valence-electron chi connectivity index (χ0n) is 30.8. The molecule has 0 aromatic rings. The highest BCUT2D eigenvalue weighted by atomic mass is 32.3. The molecule has 0 aromatic carbocycles. The molecule has 270 valence electrons. The minimum absolute atomic E-state index is 0.0257. The molecule has 9 heteroatoms. The lowest BCUT2D eigenvalue weighted by Gasteiger charge is -2.44. The Morgan fingerprint density at radius 1 is 0.857 bits per heavy atom. The Bertz CT molecular complexity index is 1650. The molecule has 1 saturated heterocycles. The number of aliphatic hydroxyl groups is 2. The fraction of sp³-hybridized carbons (Fsp3) is 0.550. The van der Waals surface area contributed by atoms with E-state index in [2.05, 4.69) is 19.6 Å². The van der Waals surface area contributed by atoms with E-state index in [1.807, 2.05) is 109 Å². The van der Waals surface area contributed by atoms with Crippen molar-refractivity contribution in [2.24, 2.45) is 10.8 Å². The van der Waals surface area contributed by atoms with Crippen molar-refractivity contribution in [2.45, 2.75) is 130 Å². The highest BCUT2D eigenvalue weighted by Crippen LogP contribution is 2.67. The zero-order valence-corrected chi connectivity index (χ0v) is 31.6. The van der Waals surface area contributed by atoms with Crippen LogP contribution in [-0.4, -0.2) is 58.0 Å². The third-order valence-electron chi connectivity index (χ3n) is 10.1. The number of fused-ring (bicyclic) bond motifs is 1. The van der Waals surface area contributed by atoms with Gasteiger partial charge >= 0.3 is 10.4 Å². The van der Waals surface area contributed by atoms with Gasteiger partial charge in [0.05, 0.1) is 23.4 Å². The van der Waals surface area contributed by atoms with Gasteiger partial charge in [-0.2, -0.15) is 8.42 Å². The summed E-state index contributed by atoms with van der Waals surface area (Å²) in [4.78, 5) is 13.1. The normalized spacial score (nSPS) is 32.5. The van der Waals surface area contributed by atoms with Crippen LogP contribution in [0.4, 0.5) is 0 Å². The summed E-state index contributed by atoms with van der Waals surface area (Å²) in [5.41, 5.74) is 4.38. The molecule has 49 heavy (non-hydrogen) atoms.